The number of rotatable bonds is 3. The summed E-state index contributed by atoms with van der Waals surface area (Å²) >= 11 is 0. The zero-order valence-corrected chi connectivity index (χ0v) is 10.1. The molecule has 0 amide bonds. The quantitative estimate of drug-likeness (QED) is 0.788. The summed E-state index contributed by atoms with van der Waals surface area (Å²) in [4.78, 5) is 0. The molecule has 94 valence electrons. The first-order chi connectivity index (χ1) is 8.22. The molecule has 1 heterocycles. The second-order valence-corrected chi connectivity index (χ2v) is 4.34. The lowest BCUT2D eigenvalue weighted by Gasteiger charge is -2.28. The van der Waals surface area contributed by atoms with E-state index < -0.39 is 6.10 Å². The molecule has 1 aliphatic rings. The average Bonchev–Trinajstić information content (AvgIpc) is 2.39. The Kier molecular flexibility index (Phi) is 3.86. The standard InChI is InChI=1S/C13H19NO3/c1-16-9-5-6-10(11(14)8-9)13(15)12-4-2-3-7-17-12/h5-6,8,12-13,15H,2-4,7,14H2,1H3. The fourth-order valence-electron chi connectivity index (χ4n) is 2.16. The molecule has 2 atom stereocenters. The fourth-order valence-corrected chi connectivity index (χ4v) is 2.16. The van der Waals surface area contributed by atoms with Gasteiger partial charge in [0.05, 0.1) is 13.2 Å². The highest BCUT2D eigenvalue weighted by Gasteiger charge is 2.25. The van der Waals surface area contributed by atoms with Gasteiger partial charge >= 0.3 is 0 Å². The van der Waals surface area contributed by atoms with Crippen molar-refractivity contribution in [1.29, 1.82) is 0 Å². The van der Waals surface area contributed by atoms with Crippen molar-refractivity contribution < 1.29 is 14.6 Å². The van der Waals surface area contributed by atoms with E-state index in [0.717, 1.165) is 31.4 Å². The number of methoxy groups -OCH3 is 1. The van der Waals surface area contributed by atoms with Gasteiger partial charge in [-0.2, -0.15) is 0 Å². The lowest BCUT2D eigenvalue weighted by molar-refractivity contribution is -0.0630. The van der Waals surface area contributed by atoms with Crippen molar-refractivity contribution in [2.45, 2.75) is 31.5 Å². The Bertz CT molecular complexity index is 375. The topological polar surface area (TPSA) is 64.7 Å². The highest BCUT2D eigenvalue weighted by atomic mass is 16.5. The Labute approximate surface area is 101 Å². The van der Waals surface area contributed by atoms with E-state index >= 15 is 0 Å². The smallest absolute Gasteiger partial charge is 0.120 e. The summed E-state index contributed by atoms with van der Waals surface area (Å²) in [7, 11) is 1.59. The van der Waals surface area contributed by atoms with Crippen LogP contribution in [0.3, 0.4) is 0 Å². The van der Waals surface area contributed by atoms with Crippen molar-refractivity contribution >= 4 is 5.69 Å². The molecule has 0 saturated carbocycles. The summed E-state index contributed by atoms with van der Waals surface area (Å²) in [6.45, 7) is 0.720. The number of aliphatic hydroxyl groups is 1. The number of nitrogen functional groups attached to an aromatic ring is 1. The third kappa shape index (κ3) is 2.70. The van der Waals surface area contributed by atoms with Crippen LogP contribution in [-0.2, 0) is 4.74 Å². The number of hydrogen-bond acceptors (Lipinski definition) is 4. The summed E-state index contributed by atoms with van der Waals surface area (Å²) in [5, 5.41) is 10.2. The summed E-state index contributed by atoms with van der Waals surface area (Å²) in [6, 6.07) is 5.33. The van der Waals surface area contributed by atoms with Gasteiger partial charge in [0.15, 0.2) is 0 Å². The van der Waals surface area contributed by atoms with Crippen LogP contribution in [0.5, 0.6) is 5.75 Å². The molecule has 1 aliphatic heterocycles. The minimum absolute atomic E-state index is 0.139. The van der Waals surface area contributed by atoms with E-state index in [1.807, 2.05) is 0 Å². The van der Waals surface area contributed by atoms with Gasteiger partial charge in [0, 0.05) is 23.9 Å². The molecule has 17 heavy (non-hydrogen) atoms. The number of hydrogen-bond donors (Lipinski definition) is 2. The van der Waals surface area contributed by atoms with Gasteiger partial charge in [0.1, 0.15) is 11.9 Å². The number of aliphatic hydroxyl groups excluding tert-OH is 1. The van der Waals surface area contributed by atoms with Crippen molar-refractivity contribution in [3.8, 4) is 5.75 Å². The number of ether oxygens (including phenoxy) is 2. The number of benzene rings is 1. The predicted molar refractivity (Wildman–Crippen MR) is 66.0 cm³/mol. The molecule has 0 aromatic heterocycles. The van der Waals surface area contributed by atoms with Crippen molar-refractivity contribution in [3.63, 3.8) is 0 Å². The summed E-state index contributed by atoms with van der Waals surface area (Å²) < 4.78 is 10.7. The van der Waals surface area contributed by atoms with Gasteiger partial charge in [-0.25, -0.2) is 0 Å². The molecule has 2 rings (SSSR count). The molecule has 0 radical (unpaired) electrons. The first-order valence-corrected chi connectivity index (χ1v) is 5.95. The van der Waals surface area contributed by atoms with Gasteiger partial charge in [0.25, 0.3) is 0 Å². The van der Waals surface area contributed by atoms with E-state index in [-0.39, 0.29) is 6.10 Å². The number of anilines is 1. The van der Waals surface area contributed by atoms with E-state index in [9.17, 15) is 5.11 Å². The van der Waals surface area contributed by atoms with E-state index in [0.29, 0.717) is 11.4 Å². The molecule has 1 aromatic rings. The summed E-state index contributed by atoms with van der Waals surface area (Å²) in [5.41, 5.74) is 7.18. The Balaban J connectivity index is 2.15. The van der Waals surface area contributed by atoms with Crippen LogP contribution in [0.25, 0.3) is 0 Å². The maximum Gasteiger partial charge on any atom is 0.120 e. The molecule has 0 spiro atoms. The van der Waals surface area contributed by atoms with Gasteiger partial charge in [0.2, 0.25) is 0 Å². The minimum atomic E-state index is -0.652. The van der Waals surface area contributed by atoms with Crippen molar-refractivity contribution in [2.75, 3.05) is 19.5 Å². The molecule has 1 aromatic carbocycles. The third-order valence-electron chi connectivity index (χ3n) is 3.18. The molecular weight excluding hydrogens is 218 g/mol. The maximum atomic E-state index is 10.2. The van der Waals surface area contributed by atoms with E-state index in [1.165, 1.54) is 0 Å². The minimum Gasteiger partial charge on any atom is -0.497 e. The van der Waals surface area contributed by atoms with Crippen LogP contribution in [0.15, 0.2) is 18.2 Å². The Morgan fingerprint density at radius 2 is 2.29 bits per heavy atom. The first kappa shape index (κ1) is 12.2. The zero-order valence-electron chi connectivity index (χ0n) is 10.1. The van der Waals surface area contributed by atoms with Gasteiger partial charge in [-0.1, -0.05) is 6.07 Å². The number of nitrogens with two attached hydrogens (primary N) is 1. The van der Waals surface area contributed by atoms with Gasteiger partial charge in [-0.3, -0.25) is 0 Å². The highest BCUT2D eigenvalue weighted by Crippen LogP contribution is 2.31. The third-order valence-corrected chi connectivity index (χ3v) is 3.18. The zero-order chi connectivity index (χ0) is 12.3. The normalized spacial score (nSPS) is 22.1. The van der Waals surface area contributed by atoms with Crippen molar-refractivity contribution in [2.24, 2.45) is 0 Å². The van der Waals surface area contributed by atoms with Gasteiger partial charge < -0.3 is 20.3 Å². The molecular formula is C13H19NO3. The Morgan fingerprint density at radius 3 is 2.88 bits per heavy atom. The second-order valence-electron chi connectivity index (χ2n) is 4.34. The predicted octanol–water partition coefficient (Wildman–Crippen LogP) is 1.88. The SMILES string of the molecule is COc1ccc(C(O)C2CCCCO2)c(N)c1. The largest absolute Gasteiger partial charge is 0.497 e. The first-order valence-electron chi connectivity index (χ1n) is 5.95. The Hall–Kier alpha value is -1.26. The van der Waals surface area contributed by atoms with Crippen LogP contribution in [-0.4, -0.2) is 24.9 Å². The van der Waals surface area contributed by atoms with Crippen LogP contribution in [0.4, 0.5) is 5.69 Å². The lowest BCUT2D eigenvalue weighted by atomic mass is 9.97. The second kappa shape index (κ2) is 5.38. The van der Waals surface area contributed by atoms with Crippen LogP contribution in [0.1, 0.15) is 30.9 Å². The van der Waals surface area contributed by atoms with Gasteiger partial charge in [-0.15, -0.1) is 0 Å². The van der Waals surface area contributed by atoms with E-state index in [2.05, 4.69) is 0 Å². The van der Waals surface area contributed by atoms with Gasteiger partial charge in [-0.05, 0) is 25.3 Å². The maximum absolute atomic E-state index is 10.2. The van der Waals surface area contributed by atoms with E-state index in [4.69, 9.17) is 15.2 Å². The van der Waals surface area contributed by atoms with Crippen LogP contribution in [0.2, 0.25) is 0 Å². The molecule has 1 fully saturated rings. The summed E-state index contributed by atoms with van der Waals surface area (Å²) in [5.74, 6) is 0.697. The fraction of sp³-hybridized carbons (Fsp3) is 0.538. The van der Waals surface area contributed by atoms with Crippen molar-refractivity contribution in [3.05, 3.63) is 23.8 Å². The summed E-state index contributed by atoms with van der Waals surface area (Å²) in [6.07, 6.45) is 2.26. The molecule has 2 unspecified atom stereocenters. The van der Waals surface area contributed by atoms with Crippen LogP contribution < -0.4 is 10.5 Å². The highest BCUT2D eigenvalue weighted by molar-refractivity contribution is 5.52. The molecule has 1 saturated heterocycles. The lowest BCUT2D eigenvalue weighted by Crippen LogP contribution is -2.26. The van der Waals surface area contributed by atoms with E-state index in [1.54, 1.807) is 25.3 Å². The monoisotopic (exact) mass is 237 g/mol. The Morgan fingerprint density at radius 1 is 1.47 bits per heavy atom. The van der Waals surface area contributed by atoms with Crippen molar-refractivity contribution in [1.82, 2.24) is 0 Å². The molecule has 4 heteroatoms. The molecule has 3 N–H and O–H groups in total. The average molecular weight is 237 g/mol. The van der Waals surface area contributed by atoms with Crippen LogP contribution in [0, 0.1) is 0 Å². The van der Waals surface area contributed by atoms with Crippen LogP contribution >= 0.6 is 0 Å². The molecule has 4 nitrogen and oxygen atoms in total. The molecule has 0 aliphatic carbocycles. The molecule has 0 bridgehead atoms.